The lowest BCUT2D eigenvalue weighted by molar-refractivity contribution is 0.0693. The molecule has 1 amide bonds. The number of benzene rings is 1. The highest BCUT2D eigenvalue weighted by Gasteiger charge is 2.27. The number of carbonyl (C=O) groups excluding carboxylic acids is 1. The number of amides is 1. The van der Waals surface area contributed by atoms with Gasteiger partial charge in [-0.2, -0.15) is 0 Å². The summed E-state index contributed by atoms with van der Waals surface area (Å²) in [6.45, 7) is 1.87. The molecule has 1 aromatic heterocycles. The van der Waals surface area contributed by atoms with Gasteiger partial charge in [0.2, 0.25) is 0 Å². The number of nitrogens with two attached hydrogens (primary N) is 1. The number of furan rings is 1. The molecular formula is C19H21FN2O3. The number of fused-ring (bicyclic) bond motifs is 1. The first-order valence-corrected chi connectivity index (χ1v) is 8.74. The summed E-state index contributed by atoms with van der Waals surface area (Å²) >= 11 is 0. The minimum atomic E-state index is -0.427. The third-order valence-electron chi connectivity index (χ3n) is 4.86. The average Bonchev–Trinajstić information content (AvgIpc) is 3.29. The molecule has 0 bridgehead atoms. The largest absolute Gasteiger partial charge is 0.485 e. The number of halogens is 1. The molecule has 1 unspecified atom stereocenters. The van der Waals surface area contributed by atoms with Crippen LogP contribution in [-0.2, 0) is 6.42 Å². The lowest BCUT2D eigenvalue weighted by Crippen LogP contribution is -2.35. The van der Waals surface area contributed by atoms with Gasteiger partial charge < -0.3 is 19.8 Å². The molecule has 1 fully saturated rings. The van der Waals surface area contributed by atoms with Crippen molar-refractivity contribution < 1.29 is 18.3 Å². The molecule has 0 radical (unpaired) electrons. The Bertz CT molecular complexity index is 796. The highest BCUT2D eigenvalue weighted by molar-refractivity contribution is 5.92. The van der Waals surface area contributed by atoms with Crippen molar-refractivity contribution in [3.05, 3.63) is 41.4 Å². The third kappa shape index (κ3) is 3.02. The molecule has 1 atom stereocenters. The highest BCUT2D eigenvalue weighted by Crippen LogP contribution is 2.36. The first-order valence-electron chi connectivity index (χ1n) is 8.74. The molecule has 0 aliphatic carbocycles. The van der Waals surface area contributed by atoms with E-state index in [-0.39, 0.29) is 17.8 Å². The van der Waals surface area contributed by atoms with E-state index in [4.69, 9.17) is 14.9 Å². The van der Waals surface area contributed by atoms with Gasteiger partial charge in [0, 0.05) is 37.2 Å². The Kier molecular flexibility index (Phi) is 4.21. The summed E-state index contributed by atoms with van der Waals surface area (Å²) < 4.78 is 25.6. The van der Waals surface area contributed by atoms with Crippen molar-refractivity contribution in [2.45, 2.75) is 31.8 Å². The van der Waals surface area contributed by atoms with Gasteiger partial charge in [-0.15, -0.1) is 0 Å². The Morgan fingerprint density at radius 1 is 1.24 bits per heavy atom. The van der Waals surface area contributed by atoms with Crippen LogP contribution >= 0.6 is 0 Å². The number of ether oxygens (including phenoxy) is 1. The van der Waals surface area contributed by atoms with Crippen molar-refractivity contribution in [3.63, 3.8) is 0 Å². The second-order valence-electron chi connectivity index (χ2n) is 6.64. The van der Waals surface area contributed by atoms with Gasteiger partial charge in [-0.1, -0.05) is 0 Å². The van der Waals surface area contributed by atoms with Gasteiger partial charge >= 0.3 is 0 Å². The highest BCUT2D eigenvalue weighted by atomic mass is 19.1. The van der Waals surface area contributed by atoms with Crippen LogP contribution in [0.2, 0.25) is 0 Å². The summed E-state index contributed by atoms with van der Waals surface area (Å²) in [5.41, 5.74) is 7.00. The third-order valence-corrected chi connectivity index (χ3v) is 4.86. The Balaban J connectivity index is 1.58. The molecule has 3 heterocycles. The number of carbonyl (C=O) groups is 1. The van der Waals surface area contributed by atoms with Crippen molar-refractivity contribution in [2.75, 3.05) is 19.6 Å². The topological polar surface area (TPSA) is 68.7 Å². The van der Waals surface area contributed by atoms with E-state index >= 15 is 0 Å². The second-order valence-corrected chi connectivity index (χ2v) is 6.64. The van der Waals surface area contributed by atoms with E-state index < -0.39 is 5.82 Å². The van der Waals surface area contributed by atoms with Gasteiger partial charge in [0.15, 0.2) is 17.3 Å². The number of nitrogens with zero attached hydrogens (tertiary/aromatic N) is 1. The number of hydrogen-bond donors (Lipinski definition) is 1. The summed E-state index contributed by atoms with van der Waals surface area (Å²) in [5.74, 6) is 0.533. The van der Waals surface area contributed by atoms with Crippen molar-refractivity contribution in [3.8, 4) is 17.1 Å². The van der Waals surface area contributed by atoms with Crippen LogP contribution in [0.15, 0.2) is 28.7 Å². The number of likely N-dealkylation sites (tertiary alicyclic amines) is 1. The summed E-state index contributed by atoms with van der Waals surface area (Å²) in [7, 11) is 0. The maximum absolute atomic E-state index is 14.3. The van der Waals surface area contributed by atoms with Crippen LogP contribution < -0.4 is 10.5 Å². The maximum Gasteiger partial charge on any atom is 0.289 e. The zero-order valence-corrected chi connectivity index (χ0v) is 14.0. The number of piperidine rings is 1. The first-order chi connectivity index (χ1) is 12.2. The van der Waals surface area contributed by atoms with E-state index in [0.717, 1.165) is 37.9 Å². The molecular weight excluding hydrogens is 323 g/mol. The van der Waals surface area contributed by atoms with E-state index in [1.54, 1.807) is 12.1 Å². The predicted octanol–water partition coefficient (Wildman–Crippen LogP) is 2.97. The summed E-state index contributed by atoms with van der Waals surface area (Å²) in [4.78, 5) is 14.3. The van der Waals surface area contributed by atoms with Gasteiger partial charge in [0.1, 0.15) is 11.9 Å². The second kappa shape index (κ2) is 6.52. The van der Waals surface area contributed by atoms with Gasteiger partial charge in [0.25, 0.3) is 5.91 Å². The molecule has 1 saturated heterocycles. The van der Waals surface area contributed by atoms with Gasteiger partial charge in [-0.3, -0.25) is 4.79 Å². The van der Waals surface area contributed by atoms with Gasteiger partial charge in [0.05, 0.1) is 0 Å². The lowest BCUT2D eigenvalue weighted by Gasteiger charge is -2.25. The summed E-state index contributed by atoms with van der Waals surface area (Å²) in [6, 6.07) is 6.61. The predicted molar refractivity (Wildman–Crippen MR) is 91.0 cm³/mol. The quantitative estimate of drug-likeness (QED) is 0.929. The molecule has 132 valence electrons. The van der Waals surface area contributed by atoms with Crippen LogP contribution in [0, 0.1) is 5.82 Å². The first kappa shape index (κ1) is 16.1. The monoisotopic (exact) mass is 344 g/mol. The van der Waals surface area contributed by atoms with Crippen LogP contribution in [0.5, 0.6) is 5.75 Å². The molecule has 2 N–H and O–H groups in total. The van der Waals surface area contributed by atoms with Crippen molar-refractivity contribution in [1.82, 2.24) is 4.90 Å². The number of hydrogen-bond acceptors (Lipinski definition) is 4. The fraction of sp³-hybridized carbons (Fsp3) is 0.421. The molecule has 0 spiro atoms. The Labute approximate surface area is 145 Å². The summed E-state index contributed by atoms with van der Waals surface area (Å²) in [6.07, 6.45) is 3.60. The minimum absolute atomic E-state index is 0.0980. The minimum Gasteiger partial charge on any atom is -0.485 e. The van der Waals surface area contributed by atoms with Crippen LogP contribution in [0.25, 0.3) is 11.3 Å². The molecule has 0 saturated carbocycles. The van der Waals surface area contributed by atoms with Crippen LogP contribution in [0.1, 0.15) is 35.4 Å². The van der Waals surface area contributed by atoms with Crippen molar-refractivity contribution in [1.29, 1.82) is 0 Å². The molecule has 2 aromatic rings. The lowest BCUT2D eigenvalue weighted by atomic mass is 10.0. The Morgan fingerprint density at radius 2 is 2.04 bits per heavy atom. The molecule has 6 heteroatoms. The molecule has 2 aliphatic rings. The van der Waals surface area contributed by atoms with Crippen LogP contribution in [0.4, 0.5) is 4.39 Å². The Morgan fingerprint density at radius 3 is 2.80 bits per heavy atom. The van der Waals surface area contributed by atoms with Crippen molar-refractivity contribution >= 4 is 5.91 Å². The normalized spacial score (nSPS) is 19.6. The van der Waals surface area contributed by atoms with Gasteiger partial charge in [-0.05, 0) is 43.5 Å². The standard InChI is InChI=1S/C19H21FN2O3/c20-15-10-12(8-13-9-14(11-21)24-18(13)15)16-4-5-17(25-16)19(23)22-6-2-1-3-7-22/h4-5,8,10,14H,1-3,6-7,9,11,21H2. The molecule has 1 aromatic carbocycles. The molecule has 2 aliphatic heterocycles. The fourth-order valence-corrected chi connectivity index (χ4v) is 3.52. The van der Waals surface area contributed by atoms with E-state index in [9.17, 15) is 9.18 Å². The molecule has 5 nitrogen and oxygen atoms in total. The van der Waals surface area contributed by atoms with E-state index in [2.05, 4.69) is 0 Å². The zero-order chi connectivity index (χ0) is 17.4. The SMILES string of the molecule is NCC1Cc2cc(-c3ccc(C(=O)N4CCCCC4)o3)cc(F)c2O1. The van der Waals surface area contributed by atoms with Crippen LogP contribution in [0.3, 0.4) is 0 Å². The average molecular weight is 344 g/mol. The van der Waals surface area contributed by atoms with E-state index in [0.29, 0.717) is 30.0 Å². The smallest absolute Gasteiger partial charge is 0.289 e. The van der Waals surface area contributed by atoms with Gasteiger partial charge in [-0.25, -0.2) is 4.39 Å². The Hall–Kier alpha value is -2.34. The number of rotatable bonds is 3. The fourth-order valence-electron chi connectivity index (χ4n) is 3.52. The molecule has 4 rings (SSSR count). The maximum atomic E-state index is 14.3. The molecule has 25 heavy (non-hydrogen) atoms. The van der Waals surface area contributed by atoms with Crippen LogP contribution in [-0.4, -0.2) is 36.5 Å². The zero-order valence-electron chi connectivity index (χ0n) is 14.0. The summed E-state index contributed by atoms with van der Waals surface area (Å²) in [5, 5.41) is 0. The van der Waals surface area contributed by atoms with E-state index in [1.807, 2.05) is 11.0 Å². The van der Waals surface area contributed by atoms with Crippen molar-refractivity contribution in [2.24, 2.45) is 5.73 Å². The van der Waals surface area contributed by atoms with E-state index in [1.165, 1.54) is 6.07 Å².